The van der Waals surface area contributed by atoms with E-state index in [-0.39, 0.29) is 6.09 Å². The number of hydrazine groups is 1. The van der Waals surface area contributed by atoms with Crippen molar-refractivity contribution in [2.75, 3.05) is 18.7 Å². The van der Waals surface area contributed by atoms with Crippen molar-refractivity contribution in [3.63, 3.8) is 0 Å². The third-order valence-electron chi connectivity index (χ3n) is 3.76. The van der Waals surface area contributed by atoms with Crippen molar-refractivity contribution in [1.82, 2.24) is 5.01 Å². The van der Waals surface area contributed by atoms with Crippen molar-refractivity contribution in [2.45, 2.75) is 6.54 Å². The number of carbonyl (C=O) groups excluding carboxylic acids is 1. The van der Waals surface area contributed by atoms with Gasteiger partial charge in [0.1, 0.15) is 0 Å². The SMILES string of the molecule is C=C1CN(C(=O)OC)N(Cc2ccccc2)c2ccccc21. The first-order valence-electron chi connectivity index (χ1n) is 7.14. The van der Waals surface area contributed by atoms with Gasteiger partial charge in [-0.2, -0.15) is 0 Å². The number of para-hydroxylation sites is 1. The molecule has 4 heteroatoms. The topological polar surface area (TPSA) is 32.8 Å². The van der Waals surface area contributed by atoms with E-state index in [1.54, 1.807) is 5.01 Å². The normalized spacial score (nSPS) is 13.8. The number of hydrogen-bond donors (Lipinski definition) is 0. The molecule has 1 heterocycles. The number of rotatable bonds is 2. The lowest BCUT2D eigenvalue weighted by molar-refractivity contribution is 0.122. The van der Waals surface area contributed by atoms with Crippen molar-refractivity contribution in [1.29, 1.82) is 0 Å². The van der Waals surface area contributed by atoms with Gasteiger partial charge >= 0.3 is 6.09 Å². The molecule has 4 nitrogen and oxygen atoms in total. The van der Waals surface area contributed by atoms with Gasteiger partial charge in [-0.3, -0.25) is 5.01 Å². The molecule has 0 radical (unpaired) electrons. The molecule has 0 N–H and O–H groups in total. The number of hydrogen-bond acceptors (Lipinski definition) is 3. The predicted molar refractivity (Wildman–Crippen MR) is 87.2 cm³/mol. The van der Waals surface area contributed by atoms with E-state index in [0.29, 0.717) is 13.1 Å². The highest BCUT2D eigenvalue weighted by Crippen LogP contribution is 2.34. The molecule has 0 bridgehead atoms. The van der Waals surface area contributed by atoms with Crippen LogP contribution in [0.1, 0.15) is 11.1 Å². The lowest BCUT2D eigenvalue weighted by Gasteiger charge is -2.41. The molecule has 0 saturated carbocycles. The summed E-state index contributed by atoms with van der Waals surface area (Å²) in [7, 11) is 1.40. The van der Waals surface area contributed by atoms with Crippen molar-refractivity contribution in [2.24, 2.45) is 0 Å². The van der Waals surface area contributed by atoms with E-state index in [9.17, 15) is 4.79 Å². The van der Waals surface area contributed by atoms with Gasteiger partial charge in [0.15, 0.2) is 0 Å². The molecule has 0 fully saturated rings. The zero-order valence-electron chi connectivity index (χ0n) is 12.5. The highest BCUT2D eigenvalue weighted by Gasteiger charge is 2.30. The Labute approximate surface area is 130 Å². The molecular formula is C18H18N2O2. The molecule has 0 spiro atoms. The maximum Gasteiger partial charge on any atom is 0.428 e. The summed E-state index contributed by atoms with van der Waals surface area (Å²) < 4.78 is 4.93. The molecule has 0 unspecified atom stereocenters. The van der Waals surface area contributed by atoms with Gasteiger partial charge < -0.3 is 4.74 Å². The minimum Gasteiger partial charge on any atom is -0.452 e. The Balaban J connectivity index is 2.02. The van der Waals surface area contributed by atoms with Gasteiger partial charge in [0.25, 0.3) is 0 Å². The summed E-state index contributed by atoms with van der Waals surface area (Å²) in [6, 6.07) is 18.0. The van der Waals surface area contributed by atoms with Gasteiger partial charge in [-0.05, 0) is 17.2 Å². The summed E-state index contributed by atoms with van der Waals surface area (Å²) in [5, 5.41) is 3.54. The summed E-state index contributed by atoms with van der Waals surface area (Å²) in [5.74, 6) is 0. The average molecular weight is 294 g/mol. The molecule has 0 atom stereocenters. The number of benzene rings is 2. The van der Waals surface area contributed by atoms with Crippen LogP contribution in [-0.2, 0) is 11.3 Å². The summed E-state index contributed by atoms with van der Waals surface area (Å²) in [6.07, 6.45) is -0.383. The Morgan fingerprint density at radius 3 is 2.55 bits per heavy atom. The fraction of sp³-hybridized carbons (Fsp3) is 0.167. The smallest absolute Gasteiger partial charge is 0.428 e. The summed E-state index contributed by atoms with van der Waals surface area (Å²) >= 11 is 0. The Hall–Kier alpha value is -2.75. The number of nitrogens with zero attached hydrogens (tertiary/aromatic N) is 2. The van der Waals surface area contributed by atoms with E-state index in [4.69, 9.17) is 4.74 Å². The highest BCUT2D eigenvalue weighted by molar-refractivity contribution is 5.84. The fourth-order valence-corrected chi connectivity index (χ4v) is 2.67. The number of anilines is 1. The van der Waals surface area contributed by atoms with Crippen LogP contribution in [0.5, 0.6) is 0 Å². The first-order chi connectivity index (χ1) is 10.7. The van der Waals surface area contributed by atoms with Crippen LogP contribution in [0.3, 0.4) is 0 Å². The van der Waals surface area contributed by atoms with E-state index in [1.807, 2.05) is 59.6 Å². The van der Waals surface area contributed by atoms with Crippen LogP contribution in [0.4, 0.5) is 10.5 Å². The lowest BCUT2D eigenvalue weighted by Crippen LogP contribution is -2.49. The molecule has 1 amide bonds. The van der Waals surface area contributed by atoms with Gasteiger partial charge in [0, 0.05) is 5.56 Å². The molecule has 1 aliphatic heterocycles. The van der Waals surface area contributed by atoms with E-state index < -0.39 is 0 Å². The van der Waals surface area contributed by atoms with Crippen LogP contribution in [0.25, 0.3) is 5.57 Å². The predicted octanol–water partition coefficient (Wildman–Crippen LogP) is 3.70. The zero-order chi connectivity index (χ0) is 15.5. The van der Waals surface area contributed by atoms with Crippen LogP contribution in [0.15, 0.2) is 61.2 Å². The van der Waals surface area contributed by atoms with Gasteiger partial charge in [-0.25, -0.2) is 9.80 Å². The van der Waals surface area contributed by atoms with Crippen molar-refractivity contribution < 1.29 is 9.53 Å². The standard InChI is InChI=1S/C18H18N2O2/c1-14-12-20(18(21)22-2)19(13-15-8-4-3-5-9-15)17-11-7-6-10-16(14)17/h3-11H,1,12-13H2,2H3. The highest BCUT2D eigenvalue weighted by atomic mass is 16.5. The Morgan fingerprint density at radius 1 is 1.14 bits per heavy atom. The van der Waals surface area contributed by atoms with E-state index in [2.05, 4.69) is 6.58 Å². The third kappa shape index (κ3) is 2.55. The largest absolute Gasteiger partial charge is 0.452 e. The number of methoxy groups -OCH3 is 1. The molecule has 3 rings (SSSR count). The van der Waals surface area contributed by atoms with Gasteiger partial charge in [-0.15, -0.1) is 0 Å². The van der Waals surface area contributed by atoms with Crippen molar-refractivity contribution in [3.8, 4) is 0 Å². The Bertz CT molecular complexity index is 697. The van der Waals surface area contributed by atoms with E-state index >= 15 is 0 Å². The van der Waals surface area contributed by atoms with Crippen LogP contribution in [0.2, 0.25) is 0 Å². The van der Waals surface area contributed by atoms with Crippen molar-refractivity contribution >= 4 is 17.4 Å². The van der Waals surface area contributed by atoms with Crippen LogP contribution >= 0.6 is 0 Å². The quantitative estimate of drug-likeness (QED) is 0.846. The average Bonchev–Trinajstić information content (AvgIpc) is 2.57. The maximum absolute atomic E-state index is 12.1. The number of carbonyl (C=O) groups is 1. The third-order valence-corrected chi connectivity index (χ3v) is 3.76. The summed E-state index contributed by atoms with van der Waals surface area (Å²) in [4.78, 5) is 12.1. The molecule has 0 saturated heterocycles. The summed E-state index contributed by atoms with van der Waals surface area (Å²) in [6.45, 7) is 5.11. The fourth-order valence-electron chi connectivity index (χ4n) is 2.67. The number of ether oxygens (including phenoxy) is 1. The minimum atomic E-state index is -0.383. The maximum atomic E-state index is 12.1. The first kappa shape index (κ1) is 14.2. The Kier molecular flexibility index (Phi) is 3.83. The van der Waals surface area contributed by atoms with Gasteiger partial charge in [0.05, 0.1) is 25.9 Å². The second kappa shape index (κ2) is 5.93. The Morgan fingerprint density at radius 2 is 1.82 bits per heavy atom. The van der Waals surface area contributed by atoms with Gasteiger partial charge in [0.2, 0.25) is 0 Å². The van der Waals surface area contributed by atoms with Crippen LogP contribution in [-0.4, -0.2) is 24.8 Å². The van der Waals surface area contributed by atoms with E-state index in [0.717, 1.165) is 22.4 Å². The van der Waals surface area contributed by atoms with Crippen LogP contribution < -0.4 is 5.01 Å². The molecule has 0 aromatic heterocycles. The number of amides is 1. The van der Waals surface area contributed by atoms with Crippen LogP contribution in [0, 0.1) is 0 Å². The molecule has 2 aromatic rings. The van der Waals surface area contributed by atoms with Gasteiger partial charge in [-0.1, -0.05) is 55.1 Å². The lowest BCUT2D eigenvalue weighted by atomic mass is 10.0. The van der Waals surface area contributed by atoms with Crippen molar-refractivity contribution in [3.05, 3.63) is 72.3 Å². The monoisotopic (exact) mass is 294 g/mol. The molecule has 22 heavy (non-hydrogen) atoms. The molecular weight excluding hydrogens is 276 g/mol. The molecule has 2 aromatic carbocycles. The second-order valence-electron chi connectivity index (χ2n) is 5.19. The second-order valence-corrected chi connectivity index (χ2v) is 5.19. The molecule has 112 valence electrons. The number of fused-ring (bicyclic) bond motifs is 1. The zero-order valence-corrected chi connectivity index (χ0v) is 12.5. The molecule has 0 aliphatic carbocycles. The molecule has 1 aliphatic rings. The summed E-state index contributed by atoms with van der Waals surface area (Å²) in [5.41, 5.74) is 4.07. The van der Waals surface area contributed by atoms with E-state index in [1.165, 1.54) is 7.11 Å². The first-order valence-corrected chi connectivity index (χ1v) is 7.14. The minimum absolute atomic E-state index is 0.383.